The molecule has 7 heteroatoms. The van der Waals surface area contributed by atoms with E-state index in [1.165, 1.54) is 0 Å². The lowest BCUT2D eigenvalue weighted by Crippen LogP contribution is -2.53. The molecule has 27 heavy (non-hydrogen) atoms. The van der Waals surface area contributed by atoms with Gasteiger partial charge in [-0.15, -0.1) is 0 Å². The molecule has 0 spiro atoms. The van der Waals surface area contributed by atoms with Crippen LogP contribution in [0.3, 0.4) is 0 Å². The normalized spacial score (nSPS) is 29.2. The van der Waals surface area contributed by atoms with Crippen molar-refractivity contribution in [2.24, 2.45) is 11.8 Å². The molecule has 0 aliphatic carbocycles. The van der Waals surface area contributed by atoms with Gasteiger partial charge < -0.3 is 24.4 Å². The molecule has 3 heterocycles. The van der Waals surface area contributed by atoms with Crippen molar-refractivity contribution >= 4 is 17.6 Å². The Morgan fingerprint density at radius 2 is 1.78 bits per heavy atom. The van der Waals surface area contributed by atoms with Crippen LogP contribution in [-0.4, -0.2) is 66.9 Å². The average molecular weight is 372 g/mol. The van der Waals surface area contributed by atoms with Crippen LogP contribution < -0.4 is 9.64 Å². The van der Waals surface area contributed by atoms with Crippen LogP contribution in [0.5, 0.6) is 5.75 Å². The van der Waals surface area contributed by atoms with Crippen LogP contribution in [-0.2, 0) is 14.3 Å². The number of ether oxygens (including phenoxy) is 2. The molecule has 1 N–H and O–H groups in total. The van der Waals surface area contributed by atoms with E-state index in [2.05, 4.69) is 4.90 Å². The summed E-state index contributed by atoms with van der Waals surface area (Å²) in [5.41, 5.74) is 1.03. The molecule has 144 valence electrons. The third-order valence-electron chi connectivity index (χ3n) is 5.57. The van der Waals surface area contributed by atoms with Gasteiger partial charge >= 0.3 is 5.97 Å². The number of anilines is 1. The number of fused-ring (bicyclic) bond motifs is 2. The molecule has 7 nitrogen and oxygen atoms in total. The number of nitrogens with zero attached hydrogens (tertiary/aromatic N) is 2. The molecule has 4 rings (SSSR count). The number of para-hydroxylation sites is 2. The Bertz CT molecular complexity index is 756. The maximum Gasteiger partial charge on any atom is 0.310 e. The number of carbonyl (C=O) groups is 2. The van der Waals surface area contributed by atoms with Crippen LogP contribution in [0.2, 0.25) is 0 Å². The summed E-state index contributed by atoms with van der Waals surface area (Å²) >= 11 is 0. The summed E-state index contributed by atoms with van der Waals surface area (Å²) in [6.45, 7) is 5.05. The fraction of sp³-hybridized carbons (Fsp3) is 0.500. The smallest absolute Gasteiger partial charge is 0.310 e. The van der Waals surface area contributed by atoms with Crippen molar-refractivity contribution < 1.29 is 24.2 Å². The molecule has 0 unspecified atom stereocenters. The second kappa shape index (κ2) is 7.23. The number of rotatable bonds is 5. The molecule has 4 atom stereocenters. The molecular formula is C20H24N2O5. The number of carbonyl (C=O) groups excluding carboxylic acids is 1. The average Bonchev–Trinajstić information content (AvgIpc) is 3.30. The van der Waals surface area contributed by atoms with Crippen LogP contribution in [0.1, 0.15) is 6.92 Å². The largest absolute Gasteiger partial charge is 0.492 e. The Balaban J connectivity index is 1.43. The summed E-state index contributed by atoms with van der Waals surface area (Å²) in [7, 11) is 0. The van der Waals surface area contributed by atoms with Crippen molar-refractivity contribution in [2.45, 2.75) is 19.1 Å². The number of piperazine rings is 1. The number of carboxylic acid groups (broad SMARTS) is 1. The van der Waals surface area contributed by atoms with Gasteiger partial charge in [0.25, 0.3) is 0 Å². The zero-order valence-electron chi connectivity index (χ0n) is 15.3. The Morgan fingerprint density at radius 1 is 1.11 bits per heavy atom. The summed E-state index contributed by atoms with van der Waals surface area (Å²) < 4.78 is 11.3. The fourth-order valence-corrected chi connectivity index (χ4v) is 4.27. The lowest BCUT2D eigenvalue weighted by Gasteiger charge is -2.38. The lowest BCUT2D eigenvalue weighted by atomic mass is 9.82. The first kappa shape index (κ1) is 17.9. The number of hydrogen-bond acceptors (Lipinski definition) is 5. The van der Waals surface area contributed by atoms with Gasteiger partial charge in [0.15, 0.2) is 0 Å². The van der Waals surface area contributed by atoms with Gasteiger partial charge in [0.05, 0.1) is 30.4 Å². The van der Waals surface area contributed by atoms with E-state index in [1.54, 1.807) is 11.0 Å². The molecule has 3 aliphatic rings. The van der Waals surface area contributed by atoms with E-state index in [9.17, 15) is 14.7 Å². The summed E-state index contributed by atoms with van der Waals surface area (Å²) in [4.78, 5) is 28.6. The minimum atomic E-state index is -0.963. The van der Waals surface area contributed by atoms with Crippen LogP contribution in [0, 0.1) is 11.8 Å². The number of amides is 1. The molecule has 2 bridgehead atoms. The zero-order chi connectivity index (χ0) is 19.0. The van der Waals surface area contributed by atoms with Crippen molar-refractivity contribution in [1.82, 2.24) is 4.90 Å². The molecule has 2 saturated heterocycles. The van der Waals surface area contributed by atoms with Gasteiger partial charge in [-0.25, -0.2) is 0 Å². The molecular weight excluding hydrogens is 348 g/mol. The minimum absolute atomic E-state index is 0.114. The molecule has 0 radical (unpaired) electrons. The van der Waals surface area contributed by atoms with E-state index in [0.29, 0.717) is 32.8 Å². The van der Waals surface area contributed by atoms with Crippen LogP contribution in [0.15, 0.2) is 36.4 Å². The first-order valence-corrected chi connectivity index (χ1v) is 9.42. The monoisotopic (exact) mass is 372 g/mol. The number of hydrogen-bond donors (Lipinski definition) is 1. The fourth-order valence-electron chi connectivity index (χ4n) is 4.27. The minimum Gasteiger partial charge on any atom is -0.492 e. The van der Waals surface area contributed by atoms with E-state index >= 15 is 0 Å². The first-order valence-electron chi connectivity index (χ1n) is 9.42. The van der Waals surface area contributed by atoms with Crippen LogP contribution in [0.4, 0.5) is 5.69 Å². The summed E-state index contributed by atoms with van der Waals surface area (Å²) in [6.07, 6.45) is 2.68. The Morgan fingerprint density at radius 3 is 2.44 bits per heavy atom. The highest BCUT2D eigenvalue weighted by molar-refractivity contribution is 5.87. The highest BCUT2D eigenvalue weighted by Crippen LogP contribution is 2.40. The van der Waals surface area contributed by atoms with E-state index in [-0.39, 0.29) is 5.91 Å². The topological polar surface area (TPSA) is 79.3 Å². The maximum absolute atomic E-state index is 13.0. The maximum atomic E-state index is 13.0. The first-order chi connectivity index (χ1) is 13.1. The molecule has 0 saturated carbocycles. The van der Waals surface area contributed by atoms with E-state index in [4.69, 9.17) is 9.47 Å². The van der Waals surface area contributed by atoms with Gasteiger partial charge in [0, 0.05) is 26.2 Å². The Kier molecular flexibility index (Phi) is 4.78. The summed E-state index contributed by atoms with van der Waals surface area (Å²) in [6, 6.07) is 7.90. The quantitative estimate of drug-likeness (QED) is 0.787. The second-order valence-corrected chi connectivity index (χ2v) is 7.05. The predicted molar refractivity (Wildman–Crippen MR) is 98.8 cm³/mol. The van der Waals surface area contributed by atoms with Crippen molar-refractivity contribution in [3.8, 4) is 5.75 Å². The molecule has 3 aliphatic heterocycles. The summed E-state index contributed by atoms with van der Waals surface area (Å²) in [5, 5.41) is 9.52. The predicted octanol–water partition coefficient (Wildman–Crippen LogP) is 1.39. The van der Waals surface area contributed by atoms with Crippen molar-refractivity contribution in [1.29, 1.82) is 0 Å². The highest BCUT2D eigenvalue weighted by atomic mass is 16.5. The van der Waals surface area contributed by atoms with Crippen molar-refractivity contribution in [3.05, 3.63) is 36.4 Å². The van der Waals surface area contributed by atoms with Gasteiger partial charge in [-0.2, -0.15) is 0 Å². The van der Waals surface area contributed by atoms with Crippen molar-refractivity contribution in [3.63, 3.8) is 0 Å². The third kappa shape index (κ3) is 3.16. The lowest BCUT2D eigenvalue weighted by molar-refractivity contribution is -0.149. The molecule has 2 fully saturated rings. The van der Waals surface area contributed by atoms with Gasteiger partial charge in [-0.3, -0.25) is 9.59 Å². The van der Waals surface area contributed by atoms with E-state index in [1.807, 2.05) is 37.3 Å². The zero-order valence-corrected chi connectivity index (χ0v) is 15.3. The molecule has 1 aromatic rings. The van der Waals surface area contributed by atoms with Crippen molar-refractivity contribution in [2.75, 3.05) is 37.7 Å². The Hall–Kier alpha value is -2.54. The second-order valence-electron chi connectivity index (χ2n) is 7.05. The van der Waals surface area contributed by atoms with Crippen LogP contribution in [0.25, 0.3) is 0 Å². The third-order valence-corrected chi connectivity index (χ3v) is 5.57. The highest BCUT2D eigenvalue weighted by Gasteiger charge is 2.54. The number of aliphatic carboxylic acids is 1. The summed E-state index contributed by atoms with van der Waals surface area (Å²) in [5.74, 6) is -1.65. The van der Waals surface area contributed by atoms with Gasteiger partial charge in [-0.1, -0.05) is 24.3 Å². The van der Waals surface area contributed by atoms with E-state index < -0.39 is 30.0 Å². The van der Waals surface area contributed by atoms with Crippen LogP contribution >= 0.6 is 0 Å². The standard InChI is InChI=1S/C20H24N2O5/c1-2-26-14-6-4-3-5-13(14)21-9-11-22(12-10-21)19(23)17-15-7-8-16(27-15)18(17)20(24)25/h3-8,15-18H,2,9-12H2,1H3,(H,24,25)/t15-,16+,17+,18+/m1/s1. The van der Waals surface area contributed by atoms with Gasteiger partial charge in [0.1, 0.15) is 11.7 Å². The number of carboxylic acids is 1. The molecule has 1 aromatic carbocycles. The van der Waals surface area contributed by atoms with Gasteiger partial charge in [-0.05, 0) is 19.1 Å². The number of benzene rings is 1. The van der Waals surface area contributed by atoms with E-state index in [0.717, 1.165) is 11.4 Å². The molecule has 1 amide bonds. The SMILES string of the molecule is CCOc1ccccc1N1CCN(C(=O)[C@@H]2[C@@H](C(=O)O)[C@@H]3C=C[C@H]2O3)CC1. The Labute approximate surface area is 158 Å². The van der Waals surface area contributed by atoms with Gasteiger partial charge in [0.2, 0.25) is 5.91 Å². The molecule has 0 aromatic heterocycles.